The largest absolute Gasteiger partial charge is 0.336 e. The second-order valence-electron chi connectivity index (χ2n) is 2.79. The number of hydrogen-bond acceptors (Lipinski definition) is 3. The van der Waals surface area contributed by atoms with Crippen LogP contribution in [0.15, 0.2) is 15.9 Å². The summed E-state index contributed by atoms with van der Waals surface area (Å²) in [7, 11) is 0. The van der Waals surface area contributed by atoms with Crippen molar-refractivity contribution in [2.75, 3.05) is 13.1 Å². The van der Waals surface area contributed by atoms with E-state index in [4.69, 9.17) is 0 Å². The molecule has 1 saturated heterocycles. The number of carbonyl (C=O) groups is 2. The second kappa shape index (κ2) is 3.70. The number of nitrogens with zero attached hydrogens (tertiary/aromatic N) is 1. The van der Waals surface area contributed by atoms with Crippen LogP contribution in [0.5, 0.6) is 0 Å². The molecule has 2 rings (SSSR count). The van der Waals surface area contributed by atoms with E-state index >= 15 is 0 Å². The third-order valence-corrected chi connectivity index (χ3v) is 3.50. The third-order valence-electron chi connectivity index (χ3n) is 1.89. The smallest absolute Gasteiger partial charge is 0.324 e. The van der Waals surface area contributed by atoms with Gasteiger partial charge in [-0.25, -0.2) is 4.79 Å². The molecule has 0 saturated carbocycles. The number of urea groups is 1. The van der Waals surface area contributed by atoms with Gasteiger partial charge < -0.3 is 5.32 Å². The molecule has 0 bridgehead atoms. The zero-order valence-electron chi connectivity index (χ0n) is 7.12. The lowest BCUT2D eigenvalue weighted by Crippen LogP contribution is -2.33. The van der Waals surface area contributed by atoms with Gasteiger partial charge in [0, 0.05) is 13.1 Å². The summed E-state index contributed by atoms with van der Waals surface area (Å²) < 4.78 is 0.889. The van der Waals surface area contributed by atoms with Crippen LogP contribution in [0.4, 0.5) is 4.79 Å². The summed E-state index contributed by atoms with van der Waals surface area (Å²) in [5.74, 6) is -0.226. The highest BCUT2D eigenvalue weighted by Gasteiger charge is 2.27. The number of imide groups is 1. The molecule has 1 fully saturated rings. The number of rotatable bonds is 1. The highest BCUT2D eigenvalue weighted by molar-refractivity contribution is 9.11. The number of carbonyl (C=O) groups excluding carboxylic acids is 2. The van der Waals surface area contributed by atoms with Gasteiger partial charge in [-0.3, -0.25) is 9.69 Å². The Hall–Kier alpha value is -0.880. The monoisotopic (exact) mass is 274 g/mol. The molecule has 0 unspecified atom stereocenters. The van der Waals surface area contributed by atoms with E-state index in [0.717, 1.165) is 3.79 Å². The van der Waals surface area contributed by atoms with Gasteiger partial charge in [-0.1, -0.05) is 0 Å². The Labute approximate surface area is 93.0 Å². The molecule has 74 valence electrons. The fourth-order valence-electron chi connectivity index (χ4n) is 1.23. The van der Waals surface area contributed by atoms with Crippen molar-refractivity contribution in [1.82, 2.24) is 10.2 Å². The zero-order chi connectivity index (χ0) is 10.1. The van der Waals surface area contributed by atoms with E-state index in [1.54, 1.807) is 12.1 Å². The van der Waals surface area contributed by atoms with Gasteiger partial charge in [-0.05, 0) is 28.1 Å². The second-order valence-corrected chi connectivity index (χ2v) is 5.26. The van der Waals surface area contributed by atoms with E-state index in [2.05, 4.69) is 21.2 Å². The number of nitrogens with one attached hydrogen (secondary N) is 1. The van der Waals surface area contributed by atoms with Crippen molar-refractivity contribution in [3.05, 3.63) is 20.8 Å². The molecular formula is C8H7BrN2O2S. The van der Waals surface area contributed by atoms with Gasteiger partial charge in [-0.2, -0.15) is 0 Å². The molecular weight excluding hydrogens is 268 g/mol. The van der Waals surface area contributed by atoms with Crippen molar-refractivity contribution in [1.29, 1.82) is 0 Å². The maximum Gasteiger partial charge on any atom is 0.324 e. The quantitative estimate of drug-likeness (QED) is 0.847. The maximum atomic E-state index is 11.7. The summed E-state index contributed by atoms with van der Waals surface area (Å²) in [6.45, 7) is 0.990. The minimum atomic E-state index is -0.306. The van der Waals surface area contributed by atoms with Crippen LogP contribution in [0.3, 0.4) is 0 Å². The Morgan fingerprint density at radius 1 is 1.57 bits per heavy atom. The Bertz CT molecular complexity index is 390. The number of halogens is 1. The van der Waals surface area contributed by atoms with Crippen LogP contribution in [-0.4, -0.2) is 29.9 Å². The molecule has 2 heterocycles. The van der Waals surface area contributed by atoms with Gasteiger partial charge in [0.15, 0.2) is 0 Å². The third kappa shape index (κ3) is 1.67. The first kappa shape index (κ1) is 9.67. The minimum absolute atomic E-state index is 0.226. The topological polar surface area (TPSA) is 49.4 Å². The molecule has 1 aromatic rings. The predicted octanol–water partition coefficient (Wildman–Crippen LogP) is 1.68. The Kier molecular flexibility index (Phi) is 2.56. The molecule has 4 nitrogen and oxygen atoms in total. The van der Waals surface area contributed by atoms with Crippen molar-refractivity contribution in [2.24, 2.45) is 0 Å². The highest BCUT2D eigenvalue weighted by Crippen LogP contribution is 2.23. The molecule has 0 aliphatic carbocycles. The summed E-state index contributed by atoms with van der Waals surface area (Å²) in [6.07, 6.45) is 0. The molecule has 1 aliphatic rings. The summed E-state index contributed by atoms with van der Waals surface area (Å²) in [6, 6.07) is 3.20. The van der Waals surface area contributed by atoms with Crippen molar-refractivity contribution in [3.63, 3.8) is 0 Å². The molecule has 0 atom stereocenters. The SMILES string of the molecule is O=C1NCCN1C(=O)c1ccc(Br)s1. The summed E-state index contributed by atoms with van der Waals surface area (Å²) in [5, 5.41) is 2.59. The average molecular weight is 275 g/mol. The molecule has 6 heteroatoms. The van der Waals surface area contributed by atoms with Gasteiger partial charge in [-0.15, -0.1) is 11.3 Å². The average Bonchev–Trinajstić information content (AvgIpc) is 2.73. The lowest BCUT2D eigenvalue weighted by molar-refractivity contribution is 0.0834. The van der Waals surface area contributed by atoms with Gasteiger partial charge >= 0.3 is 6.03 Å². The fourth-order valence-corrected chi connectivity index (χ4v) is 2.56. The van der Waals surface area contributed by atoms with Crippen LogP contribution in [0.1, 0.15) is 9.67 Å². The molecule has 1 N–H and O–H groups in total. The van der Waals surface area contributed by atoms with Crippen molar-refractivity contribution < 1.29 is 9.59 Å². The molecule has 1 aromatic heterocycles. The summed E-state index contributed by atoms with van der Waals surface area (Å²) >= 11 is 4.60. The zero-order valence-corrected chi connectivity index (χ0v) is 9.52. The lowest BCUT2D eigenvalue weighted by Gasteiger charge is -2.09. The fraction of sp³-hybridized carbons (Fsp3) is 0.250. The Morgan fingerprint density at radius 2 is 2.36 bits per heavy atom. The highest BCUT2D eigenvalue weighted by atomic mass is 79.9. The summed E-state index contributed by atoms with van der Waals surface area (Å²) in [5.41, 5.74) is 0. The van der Waals surface area contributed by atoms with Crippen LogP contribution in [0, 0.1) is 0 Å². The van der Waals surface area contributed by atoms with Crippen LogP contribution >= 0.6 is 27.3 Å². The minimum Gasteiger partial charge on any atom is -0.336 e. The molecule has 0 spiro atoms. The molecule has 14 heavy (non-hydrogen) atoms. The molecule has 0 aromatic carbocycles. The van der Waals surface area contributed by atoms with Crippen molar-refractivity contribution >= 4 is 39.2 Å². The van der Waals surface area contributed by atoms with E-state index < -0.39 is 0 Å². The van der Waals surface area contributed by atoms with Crippen LogP contribution in [-0.2, 0) is 0 Å². The lowest BCUT2D eigenvalue weighted by atomic mass is 10.4. The van der Waals surface area contributed by atoms with E-state index in [0.29, 0.717) is 18.0 Å². The Balaban J connectivity index is 2.19. The van der Waals surface area contributed by atoms with Crippen LogP contribution in [0.2, 0.25) is 0 Å². The van der Waals surface area contributed by atoms with E-state index in [1.165, 1.54) is 16.2 Å². The maximum absolute atomic E-state index is 11.7. The normalized spacial score (nSPS) is 15.8. The van der Waals surface area contributed by atoms with E-state index in [9.17, 15) is 9.59 Å². The van der Waals surface area contributed by atoms with Crippen molar-refractivity contribution in [3.8, 4) is 0 Å². The first-order chi connectivity index (χ1) is 6.68. The first-order valence-corrected chi connectivity index (χ1v) is 5.64. The Morgan fingerprint density at radius 3 is 2.86 bits per heavy atom. The van der Waals surface area contributed by atoms with Crippen LogP contribution in [0.25, 0.3) is 0 Å². The standard InChI is InChI=1S/C8H7BrN2O2S/c9-6-2-1-5(14-6)7(12)11-4-3-10-8(11)13/h1-2H,3-4H2,(H,10,13). The summed E-state index contributed by atoms with van der Waals surface area (Å²) in [4.78, 5) is 24.7. The van der Waals surface area contributed by atoms with Crippen LogP contribution < -0.4 is 5.32 Å². The molecule has 3 amide bonds. The van der Waals surface area contributed by atoms with Crippen molar-refractivity contribution in [2.45, 2.75) is 0 Å². The van der Waals surface area contributed by atoms with Gasteiger partial charge in [0.25, 0.3) is 5.91 Å². The first-order valence-electron chi connectivity index (χ1n) is 4.03. The van der Waals surface area contributed by atoms with Gasteiger partial charge in [0.2, 0.25) is 0 Å². The van der Waals surface area contributed by atoms with E-state index in [-0.39, 0.29) is 11.9 Å². The number of thiophene rings is 1. The predicted molar refractivity (Wildman–Crippen MR) is 56.5 cm³/mol. The molecule has 1 aliphatic heterocycles. The van der Waals surface area contributed by atoms with E-state index in [1.807, 2.05) is 0 Å². The van der Waals surface area contributed by atoms with Gasteiger partial charge in [0.1, 0.15) is 0 Å². The molecule has 0 radical (unpaired) electrons. The number of hydrogen-bond donors (Lipinski definition) is 1. The number of amides is 3. The van der Waals surface area contributed by atoms with Gasteiger partial charge in [0.05, 0.1) is 8.66 Å².